The van der Waals surface area contributed by atoms with Crippen molar-refractivity contribution in [3.8, 4) is 0 Å². The number of carbonyl (C=O) groups excluding carboxylic acids is 1. The lowest BCUT2D eigenvalue weighted by Gasteiger charge is -2.32. The highest BCUT2D eigenvalue weighted by Crippen LogP contribution is 2.30. The third-order valence-corrected chi connectivity index (χ3v) is 3.90. The van der Waals surface area contributed by atoms with E-state index in [9.17, 15) is 14.9 Å². The van der Waals surface area contributed by atoms with E-state index in [4.69, 9.17) is 0 Å². The quantitative estimate of drug-likeness (QED) is 0.649. The number of nitro benzene ring substituents is 1. The number of hydrogen-bond acceptors (Lipinski definition) is 4. The van der Waals surface area contributed by atoms with Crippen molar-refractivity contribution in [1.82, 2.24) is 10.2 Å². The molecule has 106 valence electrons. The molecule has 0 aromatic heterocycles. The first-order valence-electron chi connectivity index (χ1n) is 6.89. The summed E-state index contributed by atoms with van der Waals surface area (Å²) in [5, 5.41) is 13.7. The fraction of sp³-hybridized carbons (Fsp3) is 0.500. The average Bonchev–Trinajstić information content (AvgIpc) is 3.18. The largest absolute Gasteiger partial charge is 0.335 e. The van der Waals surface area contributed by atoms with E-state index in [0.717, 1.165) is 31.5 Å². The number of hydrogen-bond donors (Lipinski definition) is 1. The van der Waals surface area contributed by atoms with Gasteiger partial charge in [-0.25, -0.2) is 0 Å². The number of carbonyl (C=O) groups is 1. The van der Waals surface area contributed by atoms with Crippen LogP contribution < -0.4 is 5.32 Å². The monoisotopic (exact) mass is 275 g/mol. The van der Waals surface area contributed by atoms with Crippen LogP contribution in [0, 0.1) is 16.0 Å². The zero-order chi connectivity index (χ0) is 14.1. The maximum Gasteiger partial charge on any atom is 0.269 e. The standard InChI is InChI=1S/C14H17N3O3/c18-14(11-7-15-8-11)16(12-5-6-12)9-10-1-3-13(4-2-10)17(19)20/h1-4,11-12,15H,5-9H2. The molecule has 0 unspecified atom stereocenters. The van der Waals surface area contributed by atoms with E-state index in [1.165, 1.54) is 12.1 Å². The Morgan fingerprint density at radius 3 is 2.40 bits per heavy atom. The van der Waals surface area contributed by atoms with Crippen molar-refractivity contribution in [2.24, 2.45) is 5.92 Å². The smallest absolute Gasteiger partial charge is 0.269 e. The fourth-order valence-electron chi connectivity index (χ4n) is 2.39. The topological polar surface area (TPSA) is 75.5 Å². The summed E-state index contributed by atoms with van der Waals surface area (Å²) in [4.78, 5) is 24.5. The zero-order valence-electron chi connectivity index (χ0n) is 11.1. The molecule has 1 heterocycles. The van der Waals surface area contributed by atoms with E-state index < -0.39 is 4.92 Å². The molecule has 0 spiro atoms. The van der Waals surface area contributed by atoms with Crippen molar-refractivity contribution < 1.29 is 9.72 Å². The summed E-state index contributed by atoms with van der Waals surface area (Å²) >= 11 is 0. The molecule has 6 heteroatoms. The summed E-state index contributed by atoms with van der Waals surface area (Å²) in [6.45, 7) is 2.09. The molecule has 0 bridgehead atoms. The maximum absolute atomic E-state index is 12.4. The Kier molecular flexibility index (Phi) is 3.40. The predicted octanol–water partition coefficient (Wildman–Crippen LogP) is 1.31. The van der Waals surface area contributed by atoms with Crippen LogP contribution >= 0.6 is 0 Å². The predicted molar refractivity (Wildman–Crippen MR) is 73.0 cm³/mol. The van der Waals surface area contributed by atoms with Crippen molar-refractivity contribution in [2.75, 3.05) is 13.1 Å². The second-order valence-electron chi connectivity index (χ2n) is 5.48. The molecule has 1 saturated carbocycles. The van der Waals surface area contributed by atoms with E-state index in [2.05, 4.69) is 5.32 Å². The molecule has 1 aromatic carbocycles. The van der Waals surface area contributed by atoms with Gasteiger partial charge in [-0.15, -0.1) is 0 Å². The number of nitro groups is 1. The van der Waals surface area contributed by atoms with Gasteiger partial charge in [0.05, 0.1) is 10.8 Å². The number of non-ortho nitro benzene ring substituents is 1. The van der Waals surface area contributed by atoms with E-state index in [1.54, 1.807) is 12.1 Å². The highest BCUT2D eigenvalue weighted by molar-refractivity contribution is 5.80. The van der Waals surface area contributed by atoms with Crippen LogP contribution in [0.5, 0.6) is 0 Å². The van der Waals surface area contributed by atoms with Gasteiger partial charge in [-0.3, -0.25) is 14.9 Å². The van der Waals surface area contributed by atoms with Crippen LogP contribution in [0.1, 0.15) is 18.4 Å². The summed E-state index contributed by atoms with van der Waals surface area (Å²) in [7, 11) is 0. The lowest BCUT2D eigenvalue weighted by molar-refractivity contribution is -0.384. The zero-order valence-corrected chi connectivity index (χ0v) is 11.1. The Morgan fingerprint density at radius 2 is 1.95 bits per heavy atom. The SMILES string of the molecule is O=C(C1CNC1)N(Cc1ccc([N+](=O)[O-])cc1)C1CC1. The fourth-order valence-corrected chi connectivity index (χ4v) is 2.39. The third kappa shape index (κ3) is 2.65. The molecule has 0 radical (unpaired) electrons. The van der Waals surface area contributed by atoms with Crippen LogP contribution in [0.15, 0.2) is 24.3 Å². The highest BCUT2D eigenvalue weighted by atomic mass is 16.6. The van der Waals surface area contributed by atoms with Crippen molar-refractivity contribution in [2.45, 2.75) is 25.4 Å². The molecule has 2 aliphatic rings. The Balaban J connectivity index is 1.69. The van der Waals surface area contributed by atoms with Gasteiger partial charge in [-0.1, -0.05) is 12.1 Å². The minimum atomic E-state index is -0.409. The summed E-state index contributed by atoms with van der Waals surface area (Å²) in [5.74, 6) is 0.318. The van der Waals surface area contributed by atoms with Gasteiger partial charge in [0.1, 0.15) is 0 Å². The van der Waals surface area contributed by atoms with Crippen molar-refractivity contribution >= 4 is 11.6 Å². The second kappa shape index (κ2) is 5.20. The van der Waals surface area contributed by atoms with Gasteiger partial charge in [0.2, 0.25) is 5.91 Å². The molecule has 1 aliphatic heterocycles. The van der Waals surface area contributed by atoms with Crippen molar-refractivity contribution in [3.05, 3.63) is 39.9 Å². The molecule has 3 rings (SSSR count). The number of nitrogens with zero attached hydrogens (tertiary/aromatic N) is 2. The van der Waals surface area contributed by atoms with Gasteiger partial charge in [0, 0.05) is 37.8 Å². The average molecular weight is 275 g/mol. The van der Waals surface area contributed by atoms with Gasteiger partial charge >= 0.3 is 0 Å². The van der Waals surface area contributed by atoms with Crippen LogP contribution in [0.4, 0.5) is 5.69 Å². The molecular weight excluding hydrogens is 258 g/mol. The molecular formula is C14H17N3O3. The Bertz CT molecular complexity index is 521. The van der Waals surface area contributed by atoms with E-state index in [1.807, 2.05) is 4.90 Å². The number of benzene rings is 1. The first kappa shape index (κ1) is 13.1. The molecule has 1 aliphatic carbocycles. The molecule has 0 atom stereocenters. The molecule has 1 aromatic rings. The van der Waals surface area contributed by atoms with Crippen LogP contribution in [-0.4, -0.2) is 34.9 Å². The second-order valence-corrected chi connectivity index (χ2v) is 5.48. The molecule has 1 saturated heterocycles. The molecule has 20 heavy (non-hydrogen) atoms. The maximum atomic E-state index is 12.4. The number of nitrogens with one attached hydrogen (secondary N) is 1. The van der Waals surface area contributed by atoms with Crippen LogP contribution in [0.25, 0.3) is 0 Å². The van der Waals surface area contributed by atoms with Crippen molar-refractivity contribution in [3.63, 3.8) is 0 Å². The summed E-state index contributed by atoms with van der Waals surface area (Å²) in [5.41, 5.74) is 1.03. The first-order chi connectivity index (χ1) is 9.65. The summed E-state index contributed by atoms with van der Waals surface area (Å²) in [6.07, 6.45) is 2.14. The summed E-state index contributed by atoms with van der Waals surface area (Å²) < 4.78 is 0. The Labute approximate surface area is 116 Å². The number of rotatable bonds is 5. The third-order valence-electron chi connectivity index (χ3n) is 3.90. The number of amides is 1. The molecule has 1 amide bonds. The normalized spacial score (nSPS) is 18.4. The van der Waals surface area contributed by atoms with Gasteiger partial charge in [-0.2, -0.15) is 0 Å². The van der Waals surface area contributed by atoms with E-state index in [0.29, 0.717) is 12.6 Å². The van der Waals surface area contributed by atoms with Gasteiger partial charge in [-0.05, 0) is 18.4 Å². The van der Waals surface area contributed by atoms with Crippen molar-refractivity contribution in [1.29, 1.82) is 0 Å². The first-order valence-corrected chi connectivity index (χ1v) is 6.89. The van der Waals surface area contributed by atoms with Crippen LogP contribution in [0.3, 0.4) is 0 Å². The minimum Gasteiger partial charge on any atom is -0.335 e. The van der Waals surface area contributed by atoms with Gasteiger partial charge in [0.15, 0.2) is 0 Å². The summed E-state index contributed by atoms with van der Waals surface area (Å²) in [6, 6.07) is 6.82. The Morgan fingerprint density at radius 1 is 1.30 bits per heavy atom. The molecule has 1 N–H and O–H groups in total. The lowest BCUT2D eigenvalue weighted by atomic mass is 10.0. The van der Waals surface area contributed by atoms with Crippen LogP contribution in [0.2, 0.25) is 0 Å². The van der Waals surface area contributed by atoms with Gasteiger partial charge in [0.25, 0.3) is 5.69 Å². The minimum absolute atomic E-state index is 0.0845. The molecule has 6 nitrogen and oxygen atoms in total. The lowest BCUT2D eigenvalue weighted by Crippen LogP contribution is -2.52. The van der Waals surface area contributed by atoms with Crippen LogP contribution in [-0.2, 0) is 11.3 Å². The van der Waals surface area contributed by atoms with E-state index >= 15 is 0 Å². The van der Waals surface area contributed by atoms with Gasteiger partial charge < -0.3 is 10.2 Å². The molecule has 2 fully saturated rings. The van der Waals surface area contributed by atoms with E-state index in [-0.39, 0.29) is 17.5 Å². The Hall–Kier alpha value is -1.95. The highest BCUT2D eigenvalue weighted by Gasteiger charge is 2.37.